The summed E-state index contributed by atoms with van der Waals surface area (Å²) in [5.41, 5.74) is 0.542. The Morgan fingerprint density at radius 2 is 2.00 bits per heavy atom. The molecule has 3 saturated heterocycles. The Bertz CT molecular complexity index is 669. The summed E-state index contributed by atoms with van der Waals surface area (Å²) in [4.78, 5) is 25.8. The SMILES string of the molecule is O=C(NC1CC2CCC(C1)N2)c1cc(N2CCNC2=O)ccc1F. The first kappa shape index (κ1) is 15.4. The van der Waals surface area contributed by atoms with Crippen LogP contribution in [0.1, 0.15) is 36.0 Å². The van der Waals surface area contributed by atoms with Crippen LogP contribution >= 0.6 is 0 Å². The molecule has 0 aromatic heterocycles. The van der Waals surface area contributed by atoms with Crippen LogP contribution in [0.2, 0.25) is 0 Å². The Morgan fingerprint density at radius 3 is 2.67 bits per heavy atom. The van der Waals surface area contributed by atoms with Gasteiger partial charge < -0.3 is 16.0 Å². The predicted octanol–water partition coefficient (Wildman–Crippen LogP) is 1.37. The van der Waals surface area contributed by atoms with Crippen LogP contribution in [0.15, 0.2) is 18.2 Å². The molecule has 24 heavy (non-hydrogen) atoms. The van der Waals surface area contributed by atoms with Gasteiger partial charge in [-0.15, -0.1) is 0 Å². The summed E-state index contributed by atoms with van der Waals surface area (Å²) in [7, 11) is 0. The van der Waals surface area contributed by atoms with Crippen molar-refractivity contribution in [3.63, 3.8) is 0 Å². The van der Waals surface area contributed by atoms with Crippen molar-refractivity contribution < 1.29 is 14.0 Å². The highest BCUT2D eigenvalue weighted by Crippen LogP contribution is 2.27. The second-order valence-corrected chi connectivity index (χ2v) is 6.83. The monoisotopic (exact) mass is 332 g/mol. The van der Waals surface area contributed by atoms with Crippen molar-refractivity contribution in [3.05, 3.63) is 29.6 Å². The summed E-state index contributed by atoms with van der Waals surface area (Å²) in [5, 5.41) is 9.19. The van der Waals surface area contributed by atoms with Gasteiger partial charge in [-0.3, -0.25) is 9.69 Å². The number of hydrogen-bond donors (Lipinski definition) is 3. The summed E-state index contributed by atoms with van der Waals surface area (Å²) in [6.07, 6.45) is 4.06. The molecule has 2 bridgehead atoms. The van der Waals surface area contributed by atoms with Gasteiger partial charge in [0.05, 0.1) is 5.56 Å². The third-order valence-electron chi connectivity index (χ3n) is 5.17. The summed E-state index contributed by atoms with van der Waals surface area (Å²) < 4.78 is 14.1. The molecule has 3 heterocycles. The lowest BCUT2D eigenvalue weighted by Gasteiger charge is -2.29. The standard InChI is InChI=1S/C17H21FN4O2/c18-15-4-3-13(22-6-5-19-17(22)24)9-14(15)16(23)21-12-7-10-1-2-11(8-12)20-10/h3-4,9-12,20H,1-2,5-8H2,(H,19,24)(H,21,23). The first-order valence-electron chi connectivity index (χ1n) is 8.52. The van der Waals surface area contributed by atoms with Crippen LogP contribution in [0.3, 0.4) is 0 Å². The quantitative estimate of drug-likeness (QED) is 0.783. The van der Waals surface area contributed by atoms with Crippen molar-refractivity contribution in [2.75, 3.05) is 18.0 Å². The molecule has 3 aliphatic rings. The zero-order valence-electron chi connectivity index (χ0n) is 13.3. The number of halogens is 1. The molecule has 128 valence electrons. The van der Waals surface area contributed by atoms with E-state index in [0.29, 0.717) is 30.9 Å². The highest BCUT2D eigenvalue weighted by atomic mass is 19.1. The number of hydrogen-bond acceptors (Lipinski definition) is 3. The fraction of sp³-hybridized carbons (Fsp3) is 0.529. The van der Waals surface area contributed by atoms with E-state index in [2.05, 4.69) is 16.0 Å². The molecular weight excluding hydrogens is 311 g/mol. The number of fused-ring (bicyclic) bond motifs is 2. The highest BCUT2D eigenvalue weighted by molar-refractivity contribution is 5.98. The number of rotatable bonds is 3. The van der Waals surface area contributed by atoms with E-state index in [1.54, 1.807) is 0 Å². The number of amides is 3. The zero-order chi connectivity index (χ0) is 16.7. The number of piperidine rings is 1. The lowest BCUT2D eigenvalue weighted by atomic mass is 9.99. The van der Waals surface area contributed by atoms with Gasteiger partial charge in [0, 0.05) is 36.9 Å². The molecule has 3 aliphatic heterocycles. The predicted molar refractivity (Wildman–Crippen MR) is 87.6 cm³/mol. The van der Waals surface area contributed by atoms with Crippen molar-refractivity contribution in [2.24, 2.45) is 0 Å². The van der Waals surface area contributed by atoms with Gasteiger partial charge in [-0.1, -0.05) is 0 Å². The molecule has 6 nitrogen and oxygen atoms in total. The summed E-state index contributed by atoms with van der Waals surface area (Å²) in [6.45, 7) is 1.07. The van der Waals surface area contributed by atoms with Gasteiger partial charge >= 0.3 is 6.03 Å². The zero-order valence-corrected chi connectivity index (χ0v) is 13.3. The average Bonchev–Trinajstić information content (AvgIpc) is 3.13. The van der Waals surface area contributed by atoms with Gasteiger partial charge in [-0.2, -0.15) is 0 Å². The van der Waals surface area contributed by atoms with Gasteiger partial charge in [0.2, 0.25) is 0 Å². The van der Waals surface area contributed by atoms with E-state index in [1.165, 1.54) is 23.1 Å². The molecule has 2 atom stereocenters. The van der Waals surface area contributed by atoms with E-state index in [9.17, 15) is 14.0 Å². The molecular formula is C17H21FN4O2. The van der Waals surface area contributed by atoms with Gasteiger partial charge in [0.25, 0.3) is 5.91 Å². The normalized spacial score (nSPS) is 28.8. The summed E-state index contributed by atoms with van der Waals surface area (Å²) in [5.74, 6) is -0.965. The largest absolute Gasteiger partial charge is 0.349 e. The number of urea groups is 1. The van der Waals surface area contributed by atoms with Crippen LogP contribution in [0.25, 0.3) is 0 Å². The van der Waals surface area contributed by atoms with Gasteiger partial charge in [-0.25, -0.2) is 9.18 Å². The van der Waals surface area contributed by atoms with E-state index in [0.717, 1.165) is 25.7 Å². The Labute approximate surface area is 139 Å². The Balaban J connectivity index is 1.50. The first-order valence-corrected chi connectivity index (χ1v) is 8.52. The lowest BCUT2D eigenvalue weighted by molar-refractivity contribution is 0.0920. The van der Waals surface area contributed by atoms with Crippen LogP contribution in [0.4, 0.5) is 14.9 Å². The van der Waals surface area contributed by atoms with E-state index >= 15 is 0 Å². The van der Waals surface area contributed by atoms with E-state index in [1.807, 2.05) is 0 Å². The Kier molecular flexibility index (Phi) is 3.88. The minimum atomic E-state index is -0.562. The number of nitrogens with zero attached hydrogens (tertiary/aromatic N) is 1. The molecule has 1 aromatic carbocycles. The van der Waals surface area contributed by atoms with Crippen LogP contribution in [0.5, 0.6) is 0 Å². The fourth-order valence-corrected chi connectivity index (χ4v) is 4.01. The molecule has 3 fully saturated rings. The van der Waals surface area contributed by atoms with Crippen LogP contribution in [-0.2, 0) is 0 Å². The van der Waals surface area contributed by atoms with Crippen molar-refractivity contribution in [1.82, 2.24) is 16.0 Å². The maximum Gasteiger partial charge on any atom is 0.321 e. The number of carbonyl (C=O) groups excluding carboxylic acids is 2. The molecule has 0 aliphatic carbocycles. The topological polar surface area (TPSA) is 73.5 Å². The van der Waals surface area contributed by atoms with Crippen molar-refractivity contribution >= 4 is 17.6 Å². The lowest BCUT2D eigenvalue weighted by Crippen LogP contribution is -2.48. The van der Waals surface area contributed by atoms with Gasteiger partial charge in [0.1, 0.15) is 5.82 Å². The molecule has 0 saturated carbocycles. The van der Waals surface area contributed by atoms with Crippen molar-refractivity contribution in [1.29, 1.82) is 0 Å². The van der Waals surface area contributed by atoms with Gasteiger partial charge in [-0.05, 0) is 43.9 Å². The second-order valence-electron chi connectivity index (χ2n) is 6.83. The van der Waals surface area contributed by atoms with Crippen molar-refractivity contribution in [2.45, 2.75) is 43.8 Å². The average molecular weight is 332 g/mol. The molecule has 3 amide bonds. The van der Waals surface area contributed by atoms with Crippen LogP contribution < -0.4 is 20.9 Å². The van der Waals surface area contributed by atoms with Crippen molar-refractivity contribution in [3.8, 4) is 0 Å². The molecule has 2 unspecified atom stereocenters. The molecule has 0 radical (unpaired) electrons. The third kappa shape index (κ3) is 2.84. The van der Waals surface area contributed by atoms with E-state index in [-0.39, 0.29) is 17.6 Å². The number of benzene rings is 1. The molecule has 1 aromatic rings. The second kappa shape index (κ2) is 6.05. The number of nitrogens with one attached hydrogen (secondary N) is 3. The summed E-state index contributed by atoms with van der Waals surface area (Å²) >= 11 is 0. The molecule has 3 N–H and O–H groups in total. The number of anilines is 1. The molecule has 7 heteroatoms. The van der Waals surface area contributed by atoms with Gasteiger partial charge in [0.15, 0.2) is 0 Å². The third-order valence-corrected chi connectivity index (χ3v) is 5.17. The molecule has 0 spiro atoms. The molecule has 4 rings (SSSR count). The fourth-order valence-electron chi connectivity index (χ4n) is 4.01. The minimum absolute atomic E-state index is 0.00178. The summed E-state index contributed by atoms with van der Waals surface area (Å²) in [6, 6.07) is 5.02. The smallest absolute Gasteiger partial charge is 0.321 e. The number of carbonyl (C=O) groups is 2. The maximum atomic E-state index is 14.1. The van der Waals surface area contributed by atoms with Crippen LogP contribution in [0, 0.1) is 5.82 Å². The van der Waals surface area contributed by atoms with E-state index in [4.69, 9.17) is 0 Å². The van der Waals surface area contributed by atoms with Crippen LogP contribution in [-0.4, -0.2) is 43.2 Å². The first-order chi connectivity index (χ1) is 11.6. The minimum Gasteiger partial charge on any atom is -0.349 e. The highest BCUT2D eigenvalue weighted by Gasteiger charge is 2.34. The Hall–Kier alpha value is -2.15. The maximum absolute atomic E-state index is 14.1. The van der Waals surface area contributed by atoms with E-state index < -0.39 is 11.7 Å². The Morgan fingerprint density at radius 1 is 1.25 bits per heavy atom.